The van der Waals surface area contributed by atoms with Gasteiger partial charge in [0, 0.05) is 0 Å². The Hall–Kier alpha value is -1.07. The molecule has 0 spiro atoms. The van der Waals surface area contributed by atoms with E-state index in [1.165, 1.54) is 0 Å². The Balaban J connectivity index is 5.30. The first-order valence-electron chi connectivity index (χ1n) is 3.77. The van der Waals surface area contributed by atoms with Gasteiger partial charge < -0.3 is 9.79 Å². The number of carbonyl (C=O) groups is 2. The molecule has 0 aromatic carbocycles. The van der Waals surface area contributed by atoms with E-state index in [9.17, 15) is 14.2 Å². The van der Waals surface area contributed by atoms with Crippen molar-refractivity contribution in [3.63, 3.8) is 0 Å². The molecule has 0 atom stereocenters. The van der Waals surface area contributed by atoms with Crippen LogP contribution in [-0.4, -0.2) is 27.0 Å². The van der Waals surface area contributed by atoms with Gasteiger partial charge in [0.1, 0.15) is 0 Å². The van der Waals surface area contributed by atoms with Crippen molar-refractivity contribution in [2.45, 2.75) is 12.5 Å². The van der Waals surface area contributed by atoms with E-state index >= 15 is 0 Å². The third kappa shape index (κ3) is 3.53. The molecule has 0 rings (SSSR count). The Labute approximate surface area is 86.5 Å². The van der Waals surface area contributed by atoms with Gasteiger partial charge in [0.05, 0.1) is 0 Å². The molecule has 0 radical (unpaired) electrons. The molecule has 0 aromatic rings. The molecular formula is C8H11O6P. The molecule has 0 saturated carbocycles. The van der Waals surface area contributed by atoms with Crippen LogP contribution in [0.4, 0.5) is 0 Å². The fourth-order valence-electron chi connectivity index (χ4n) is 0.839. The van der Waals surface area contributed by atoms with Crippen LogP contribution < -0.4 is 0 Å². The van der Waals surface area contributed by atoms with Gasteiger partial charge in [-0.3, -0.25) is 14.1 Å². The predicted octanol–water partition coefficient (Wildman–Crippen LogP) is 0.365. The first kappa shape index (κ1) is 13.9. The highest BCUT2D eigenvalue weighted by Crippen LogP contribution is 2.42. The molecule has 0 bridgehead atoms. The minimum Gasteiger partial charge on any atom is -0.303 e. The topological polar surface area (TPSA) is 101 Å². The van der Waals surface area contributed by atoms with Crippen LogP contribution in [0.15, 0.2) is 25.3 Å². The first-order valence-corrected chi connectivity index (χ1v) is 5.30. The highest BCUT2D eigenvalue weighted by atomic mass is 31.2. The summed E-state index contributed by atoms with van der Waals surface area (Å²) in [5.41, 5.74) is -2.28. The normalized spacial score (nSPS) is 11.9. The molecule has 0 fully saturated rings. The molecule has 0 aliphatic heterocycles. The van der Waals surface area contributed by atoms with E-state index in [1.54, 1.807) is 0 Å². The van der Waals surface area contributed by atoms with Crippen molar-refractivity contribution in [3.8, 4) is 0 Å². The number of ketones is 2. The maximum atomic E-state index is 11.3. The number of rotatable bonds is 6. The fraction of sp³-hybridized carbons (Fsp3) is 0.250. The Bertz CT molecular complexity index is 332. The van der Waals surface area contributed by atoms with Crippen LogP contribution in [-0.2, 0) is 18.7 Å². The number of carbonyl (C=O) groups excluding carboxylic acids is 2. The predicted molar refractivity (Wildman–Crippen MR) is 51.9 cm³/mol. The van der Waals surface area contributed by atoms with Crippen molar-refractivity contribution in [3.05, 3.63) is 25.3 Å². The van der Waals surface area contributed by atoms with E-state index in [4.69, 9.17) is 9.79 Å². The van der Waals surface area contributed by atoms with Crippen molar-refractivity contribution < 1.29 is 28.5 Å². The zero-order valence-corrected chi connectivity index (χ0v) is 8.94. The monoisotopic (exact) mass is 234 g/mol. The second kappa shape index (κ2) is 4.63. The van der Waals surface area contributed by atoms with Gasteiger partial charge in [0.2, 0.25) is 5.60 Å². The Kier molecular flexibility index (Phi) is 4.30. The Morgan fingerprint density at radius 2 is 1.60 bits per heavy atom. The van der Waals surface area contributed by atoms with Crippen LogP contribution in [0.2, 0.25) is 0 Å². The summed E-state index contributed by atoms with van der Waals surface area (Å²) in [5, 5.41) is 0. The second-order valence-electron chi connectivity index (χ2n) is 2.75. The number of hydrogen-bond donors (Lipinski definition) is 2. The maximum Gasteiger partial charge on any atom is 0.471 e. The van der Waals surface area contributed by atoms with E-state index < -0.39 is 25.0 Å². The van der Waals surface area contributed by atoms with Crippen LogP contribution in [0.1, 0.15) is 6.92 Å². The Morgan fingerprint density at radius 3 is 1.80 bits per heavy atom. The van der Waals surface area contributed by atoms with Gasteiger partial charge in [0.25, 0.3) is 0 Å². The van der Waals surface area contributed by atoms with Crippen LogP contribution in [0.25, 0.3) is 0 Å². The molecule has 15 heavy (non-hydrogen) atoms. The summed E-state index contributed by atoms with van der Waals surface area (Å²) in [4.78, 5) is 39.6. The third-order valence-electron chi connectivity index (χ3n) is 1.61. The lowest BCUT2D eigenvalue weighted by molar-refractivity contribution is -0.141. The molecule has 0 saturated heterocycles. The zero-order chi connectivity index (χ0) is 12.3. The van der Waals surface area contributed by atoms with E-state index in [-0.39, 0.29) is 0 Å². The minimum atomic E-state index is -4.96. The van der Waals surface area contributed by atoms with E-state index in [0.29, 0.717) is 0 Å². The molecule has 0 aromatic heterocycles. The van der Waals surface area contributed by atoms with Gasteiger partial charge in [0.15, 0.2) is 11.6 Å². The van der Waals surface area contributed by atoms with Crippen LogP contribution in [0.5, 0.6) is 0 Å². The van der Waals surface area contributed by atoms with Gasteiger partial charge in [-0.25, -0.2) is 4.57 Å². The average molecular weight is 234 g/mol. The molecule has 0 amide bonds. The lowest BCUT2D eigenvalue weighted by atomic mass is 9.95. The van der Waals surface area contributed by atoms with Gasteiger partial charge in [-0.05, 0) is 19.1 Å². The van der Waals surface area contributed by atoms with Crippen molar-refractivity contribution in [1.82, 2.24) is 0 Å². The summed E-state index contributed by atoms with van der Waals surface area (Å²) in [6.07, 6.45) is 1.49. The summed E-state index contributed by atoms with van der Waals surface area (Å²) in [6.45, 7) is 7.15. The van der Waals surface area contributed by atoms with E-state index in [2.05, 4.69) is 17.7 Å². The molecule has 0 unspecified atom stereocenters. The summed E-state index contributed by atoms with van der Waals surface area (Å²) in [5.74, 6) is -1.90. The molecule has 7 heteroatoms. The van der Waals surface area contributed by atoms with Gasteiger partial charge >= 0.3 is 7.82 Å². The summed E-state index contributed by atoms with van der Waals surface area (Å²) in [6, 6.07) is 0. The lowest BCUT2D eigenvalue weighted by Crippen LogP contribution is -2.43. The summed E-state index contributed by atoms with van der Waals surface area (Å²) in [7, 11) is -4.96. The molecule has 84 valence electrons. The fourth-order valence-corrected chi connectivity index (χ4v) is 1.49. The highest BCUT2D eigenvalue weighted by molar-refractivity contribution is 7.46. The standard InChI is InChI=1S/C8H11O6P/c1-4-6(9)8(3,7(10)5-2)14-15(11,12)13/h4-5H,1-2H2,3H3,(H2,11,12,13). The van der Waals surface area contributed by atoms with Crippen molar-refractivity contribution in [2.24, 2.45) is 0 Å². The first-order chi connectivity index (χ1) is 6.67. The number of phosphoric ester groups is 1. The second-order valence-corrected chi connectivity index (χ2v) is 3.92. The summed E-state index contributed by atoms with van der Waals surface area (Å²) >= 11 is 0. The minimum absolute atomic E-state index is 0.747. The quantitative estimate of drug-likeness (QED) is 0.391. The van der Waals surface area contributed by atoms with Gasteiger partial charge in [-0.1, -0.05) is 13.2 Å². The van der Waals surface area contributed by atoms with E-state index in [0.717, 1.165) is 19.1 Å². The molecule has 0 aliphatic rings. The van der Waals surface area contributed by atoms with Crippen LogP contribution >= 0.6 is 7.82 Å². The largest absolute Gasteiger partial charge is 0.471 e. The molecule has 0 aliphatic carbocycles. The van der Waals surface area contributed by atoms with E-state index in [1.807, 2.05) is 0 Å². The zero-order valence-electron chi connectivity index (χ0n) is 8.04. The molecule has 2 N–H and O–H groups in total. The highest BCUT2D eigenvalue weighted by Gasteiger charge is 2.44. The van der Waals surface area contributed by atoms with Crippen molar-refractivity contribution >= 4 is 19.4 Å². The smallest absolute Gasteiger partial charge is 0.303 e. The van der Waals surface area contributed by atoms with Crippen molar-refractivity contribution in [1.29, 1.82) is 0 Å². The summed E-state index contributed by atoms with van der Waals surface area (Å²) < 4.78 is 14.7. The molecule has 0 heterocycles. The number of hydrogen-bond acceptors (Lipinski definition) is 4. The van der Waals surface area contributed by atoms with Crippen LogP contribution in [0.3, 0.4) is 0 Å². The lowest BCUT2D eigenvalue weighted by Gasteiger charge is -2.23. The van der Waals surface area contributed by atoms with Crippen molar-refractivity contribution in [2.75, 3.05) is 0 Å². The van der Waals surface area contributed by atoms with Gasteiger partial charge in [-0.15, -0.1) is 0 Å². The molecular weight excluding hydrogens is 223 g/mol. The number of phosphoric acid groups is 1. The van der Waals surface area contributed by atoms with Crippen LogP contribution in [0, 0.1) is 0 Å². The Morgan fingerprint density at radius 1 is 1.27 bits per heavy atom. The maximum absolute atomic E-state index is 11.3. The SMILES string of the molecule is C=CC(=O)C(C)(OP(=O)(O)O)C(=O)C=C. The third-order valence-corrected chi connectivity index (χ3v) is 2.22. The average Bonchev–Trinajstić information content (AvgIpc) is 2.12. The molecule has 6 nitrogen and oxygen atoms in total. The van der Waals surface area contributed by atoms with Gasteiger partial charge in [-0.2, -0.15) is 0 Å².